The highest BCUT2D eigenvalue weighted by atomic mass is 16.6. The molecule has 1 saturated heterocycles. The van der Waals surface area contributed by atoms with Crippen LogP contribution in [-0.2, 0) is 9.53 Å². The largest absolute Gasteiger partial charge is 0.393 e. The van der Waals surface area contributed by atoms with Crippen molar-refractivity contribution in [3.8, 4) is 0 Å². The Bertz CT molecular complexity index is 1390. The Kier molecular flexibility index (Phi) is 11.4. The first-order valence-corrected chi connectivity index (χ1v) is 16.6. The molecule has 0 amide bonds. The summed E-state index contributed by atoms with van der Waals surface area (Å²) >= 11 is 0. The third kappa shape index (κ3) is 8.95. The average Bonchev–Trinajstić information content (AvgIpc) is 3.49. The van der Waals surface area contributed by atoms with Gasteiger partial charge in [-0.25, -0.2) is 0 Å². The molecule has 2 saturated carbocycles. The Hall–Kier alpha value is -2.75. The highest BCUT2D eigenvalue weighted by Gasteiger charge is 2.76. The van der Waals surface area contributed by atoms with Gasteiger partial charge >= 0.3 is 0 Å². The van der Waals surface area contributed by atoms with Crippen LogP contribution in [0.3, 0.4) is 0 Å². The lowest BCUT2D eigenvalue weighted by atomic mass is 9.61. The van der Waals surface area contributed by atoms with Gasteiger partial charge in [0.1, 0.15) is 5.60 Å². The summed E-state index contributed by atoms with van der Waals surface area (Å²) in [5, 5.41) is 21.3. The topological polar surface area (TPSA) is 70.1 Å². The quantitative estimate of drug-likeness (QED) is 0.111. The molecule has 4 heteroatoms. The molecule has 246 valence electrons. The summed E-state index contributed by atoms with van der Waals surface area (Å²) in [6, 6.07) is 0. The number of allylic oxidation sites excluding steroid dienone is 14. The van der Waals surface area contributed by atoms with Gasteiger partial charge in [-0.15, -0.1) is 5.73 Å². The van der Waals surface area contributed by atoms with Gasteiger partial charge in [0.15, 0.2) is 5.78 Å². The Morgan fingerprint density at radius 1 is 0.822 bits per heavy atom. The van der Waals surface area contributed by atoms with Crippen LogP contribution in [-0.4, -0.2) is 38.9 Å². The summed E-state index contributed by atoms with van der Waals surface area (Å²) in [5.74, 6) is 0.590. The van der Waals surface area contributed by atoms with Crippen molar-refractivity contribution in [1.29, 1.82) is 0 Å². The van der Waals surface area contributed by atoms with Gasteiger partial charge in [-0.2, -0.15) is 0 Å². The Morgan fingerprint density at radius 3 is 1.93 bits per heavy atom. The molecule has 0 aromatic heterocycles. The number of rotatable bonds is 10. The third-order valence-electron chi connectivity index (χ3n) is 10.0. The normalized spacial score (nSPS) is 33.9. The van der Waals surface area contributed by atoms with E-state index in [2.05, 4.69) is 72.4 Å². The number of aliphatic hydroxyl groups is 2. The zero-order chi connectivity index (χ0) is 33.8. The van der Waals surface area contributed by atoms with Gasteiger partial charge in [-0.05, 0) is 94.8 Å². The van der Waals surface area contributed by atoms with Crippen LogP contribution in [0.2, 0.25) is 0 Å². The fourth-order valence-electron chi connectivity index (χ4n) is 7.98. The van der Waals surface area contributed by atoms with E-state index in [9.17, 15) is 15.0 Å². The van der Waals surface area contributed by atoms with E-state index in [1.807, 2.05) is 76.3 Å². The fourth-order valence-corrected chi connectivity index (χ4v) is 7.98. The van der Waals surface area contributed by atoms with Crippen LogP contribution in [0.1, 0.15) is 108 Å². The molecular weight excluding hydrogens is 556 g/mol. The van der Waals surface area contributed by atoms with Crippen molar-refractivity contribution in [3.63, 3.8) is 0 Å². The second kappa shape index (κ2) is 13.9. The molecule has 2 aliphatic carbocycles. The average molecular weight is 615 g/mol. The summed E-state index contributed by atoms with van der Waals surface area (Å²) in [6.07, 6.45) is 25.1. The molecule has 3 aliphatic rings. The maximum atomic E-state index is 13.1. The predicted octanol–water partition coefficient (Wildman–Crippen LogP) is 9.40. The molecule has 4 nitrogen and oxygen atoms in total. The Morgan fingerprint density at radius 2 is 1.38 bits per heavy atom. The number of hydrogen-bond acceptors (Lipinski definition) is 4. The van der Waals surface area contributed by atoms with Gasteiger partial charge in [0.05, 0.1) is 17.3 Å². The minimum atomic E-state index is -0.816. The van der Waals surface area contributed by atoms with E-state index in [-0.39, 0.29) is 22.7 Å². The number of carbonyl (C=O) groups excluding carboxylic acids is 1. The number of hydrogen-bond donors (Lipinski definition) is 2. The van der Waals surface area contributed by atoms with E-state index in [0.29, 0.717) is 30.8 Å². The molecule has 0 aromatic carbocycles. The minimum Gasteiger partial charge on any atom is -0.393 e. The second-order valence-corrected chi connectivity index (χ2v) is 15.7. The van der Waals surface area contributed by atoms with Gasteiger partial charge in [-0.3, -0.25) is 4.79 Å². The van der Waals surface area contributed by atoms with Crippen molar-refractivity contribution < 1.29 is 19.7 Å². The number of ether oxygens (including phenoxy) is 1. The van der Waals surface area contributed by atoms with Crippen molar-refractivity contribution in [2.24, 2.45) is 16.7 Å². The number of carbonyl (C=O) groups is 1. The van der Waals surface area contributed by atoms with Crippen LogP contribution in [0, 0.1) is 16.7 Å². The van der Waals surface area contributed by atoms with Crippen LogP contribution in [0.4, 0.5) is 0 Å². The molecule has 1 heterocycles. The molecule has 5 atom stereocenters. The third-order valence-corrected chi connectivity index (χ3v) is 10.0. The number of Topliss-reactive ketones (excluding diaryl/α,β-unsaturated/α-hetero) is 1. The van der Waals surface area contributed by atoms with Crippen LogP contribution in [0.15, 0.2) is 100 Å². The zero-order valence-electron chi connectivity index (χ0n) is 29.8. The lowest BCUT2D eigenvalue weighted by Gasteiger charge is -2.44. The summed E-state index contributed by atoms with van der Waals surface area (Å²) in [7, 11) is 0. The van der Waals surface area contributed by atoms with E-state index >= 15 is 0 Å². The molecule has 45 heavy (non-hydrogen) atoms. The predicted molar refractivity (Wildman–Crippen MR) is 188 cm³/mol. The summed E-state index contributed by atoms with van der Waals surface area (Å²) in [5.41, 5.74) is 6.39. The van der Waals surface area contributed by atoms with Crippen molar-refractivity contribution in [2.75, 3.05) is 0 Å². The van der Waals surface area contributed by atoms with Gasteiger partial charge in [0, 0.05) is 18.4 Å². The lowest BCUT2D eigenvalue weighted by Crippen LogP contribution is -2.48. The SMILES string of the molecule is C\C(C=C=C1C(C)(C)CC(C)CC1(C)O)=C/C=C/C(C)=C/C=C/C=C(C)/C=C/C=C(\C)C(=O)CC12OC1(C)CC(O)CC2(C)C. The van der Waals surface area contributed by atoms with Gasteiger partial charge in [0.2, 0.25) is 0 Å². The molecule has 3 rings (SSSR count). The maximum absolute atomic E-state index is 13.1. The highest BCUT2D eigenvalue weighted by Crippen LogP contribution is 2.67. The summed E-state index contributed by atoms with van der Waals surface area (Å²) < 4.78 is 6.18. The number of fused-ring (bicyclic) bond motifs is 1. The van der Waals surface area contributed by atoms with E-state index in [4.69, 9.17) is 4.74 Å². The lowest BCUT2D eigenvalue weighted by molar-refractivity contribution is -0.118. The van der Waals surface area contributed by atoms with Crippen LogP contribution in [0.5, 0.6) is 0 Å². The monoisotopic (exact) mass is 614 g/mol. The van der Waals surface area contributed by atoms with E-state index < -0.39 is 16.8 Å². The molecule has 2 N–H and O–H groups in total. The molecule has 5 unspecified atom stereocenters. The first-order chi connectivity index (χ1) is 20.7. The zero-order valence-corrected chi connectivity index (χ0v) is 29.8. The van der Waals surface area contributed by atoms with E-state index in [1.54, 1.807) is 0 Å². The minimum absolute atomic E-state index is 0.0657. The van der Waals surface area contributed by atoms with Crippen molar-refractivity contribution in [2.45, 2.75) is 131 Å². The van der Waals surface area contributed by atoms with E-state index in [1.165, 1.54) is 0 Å². The summed E-state index contributed by atoms with van der Waals surface area (Å²) in [6.45, 7) is 22.8. The highest BCUT2D eigenvalue weighted by molar-refractivity contribution is 5.96. The van der Waals surface area contributed by atoms with Crippen molar-refractivity contribution in [1.82, 2.24) is 0 Å². The fraction of sp³-hybridized carbons (Fsp3) is 0.561. The molecule has 0 bridgehead atoms. The summed E-state index contributed by atoms with van der Waals surface area (Å²) in [4.78, 5) is 13.1. The van der Waals surface area contributed by atoms with Crippen LogP contribution in [0.25, 0.3) is 0 Å². The molecule has 0 aromatic rings. The molecular formula is C41H58O4. The standard InChI is InChI=1S/C41H58O4/c1-29(18-14-19-31(3)22-23-36-37(6,7)24-32(4)25-39(36,10)44)16-12-13-17-30(2)20-15-21-33(5)35(43)28-41-38(8,9)26-34(42)27-40(41,11)45-41/h12-22,32,34,42,44H,24-28H2,1-11H3/b13-12+,18-14+,20-15+,29-16+,30-17+,31-19+,33-21+. The van der Waals surface area contributed by atoms with Crippen LogP contribution < -0.4 is 0 Å². The van der Waals surface area contributed by atoms with Gasteiger partial charge in [-0.1, -0.05) is 107 Å². The van der Waals surface area contributed by atoms with E-state index in [0.717, 1.165) is 35.1 Å². The Balaban J connectivity index is 1.53. The second-order valence-electron chi connectivity index (χ2n) is 15.7. The number of epoxide rings is 1. The molecule has 0 spiro atoms. The molecule has 1 aliphatic heterocycles. The van der Waals surface area contributed by atoms with Crippen LogP contribution >= 0.6 is 0 Å². The number of aliphatic hydroxyl groups excluding tert-OH is 1. The first-order valence-electron chi connectivity index (χ1n) is 16.6. The van der Waals surface area contributed by atoms with Crippen molar-refractivity contribution in [3.05, 3.63) is 100 Å². The maximum Gasteiger partial charge on any atom is 0.161 e. The molecule has 0 radical (unpaired) electrons. The smallest absolute Gasteiger partial charge is 0.161 e. The molecule has 3 fully saturated rings. The Labute approximate surface area is 273 Å². The van der Waals surface area contributed by atoms with Gasteiger partial charge < -0.3 is 14.9 Å². The van der Waals surface area contributed by atoms with Gasteiger partial charge in [0.25, 0.3) is 0 Å². The number of ketones is 1. The first kappa shape index (κ1) is 36.7. The van der Waals surface area contributed by atoms with Crippen molar-refractivity contribution >= 4 is 5.78 Å².